The molecule has 1 aromatic heterocycles. The normalized spacial score (nSPS) is 10.3. The van der Waals surface area contributed by atoms with Crippen molar-refractivity contribution in [3.8, 4) is 10.6 Å². The zero-order valence-corrected chi connectivity index (χ0v) is 16.1. The number of isocyanates is 1. The van der Waals surface area contributed by atoms with E-state index in [1.807, 2.05) is 55.5 Å². The molecule has 0 amide bonds. The van der Waals surface area contributed by atoms with E-state index in [9.17, 15) is 4.79 Å². The van der Waals surface area contributed by atoms with Crippen molar-refractivity contribution in [3.63, 3.8) is 0 Å². The molecule has 0 unspecified atom stereocenters. The monoisotopic (exact) mass is 383 g/mol. The minimum absolute atomic E-state index is 0.586. The van der Waals surface area contributed by atoms with E-state index < -0.39 is 0 Å². The van der Waals surface area contributed by atoms with E-state index in [2.05, 4.69) is 34.2 Å². The van der Waals surface area contributed by atoms with E-state index in [1.165, 1.54) is 0 Å². The Balaban J connectivity index is 1.79. The SMILES string of the molecule is Cc1nc(-c2ccc(N=C=O)cc2)sc1N(c1ccccc1)c1ccccc1. The maximum atomic E-state index is 10.4. The lowest BCUT2D eigenvalue weighted by molar-refractivity contribution is 0.565. The average Bonchev–Trinajstić information content (AvgIpc) is 3.12. The van der Waals surface area contributed by atoms with Gasteiger partial charge >= 0.3 is 0 Å². The lowest BCUT2D eigenvalue weighted by Gasteiger charge is -2.23. The van der Waals surface area contributed by atoms with Gasteiger partial charge in [-0.25, -0.2) is 9.78 Å². The Kier molecular flexibility index (Phi) is 5.11. The topological polar surface area (TPSA) is 45.6 Å². The number of rotatable bonds is 5. The van der Waals surface area contributed by atoms with Crippen molar-refractivity contribution in [1.82, 2.24) is 4.98 Å². The molecule has 28 heavy (non-hydrogen) atoms. The lowest BCUT2D eigenvalue weighted by Crippen LogP contribution is -2.09. The molecule has 0 fully saturated rings. The Morgan fingerprint density at radius 1 is 0.857 bits per heavy atom. The standard InChI is InChI=1S/C23H17N3OS/c1-17-23(28-22(25-17)18-12-14-19(15-13-18)24-16-27)26(20-8-4-2-5-9-20)21-10-6-3-7-11-21/h2-15H,1H3. The van der Waals surface area contributed by atoms with E-state index in [0.29, 0.717) is 5.69 Å². The molecule has 3 aromatic carbocycles. The minimum Gasteiger partial charge on any atom is -0.300 e. The van der Waals surface area contributed by atoms with E-state index in [0.717, 1.165) is 32.6 Å². The van der Waals surface area contributed by atoms with E-state index >= 15 is 0 Å². The van der Waals surface area contributed by atoms with Crippen LogP contribution in [0.25, 0.3) is 10.6 Å². The van der Waals surface area contributed by atoms with Crippen LogP contribution >= 0.6 is 11.3 Å². The second-order valence-electron chi connectivity index (χ2n) is 6.17. The zero-order chi connectivity index (χ0) is 19.3. The molecule has 0 aliphatic heterocycles. The summed E-state index contributed by atoms with van der Waals surface area (Å²) in [7, 11) is 0. The van der Waals surface area contributed by atoms with Gasteiger partial charge in [-0.1, -0.05) is 47.7 Å². The van der Waals surface area contributed by atoms with Gasteiger partial charge in [-0.3, -0.25) is 0 Å². The van der Waals surface area contributed by atoms with Crippen molar-refractivity contribution in [1.29, 1.82) is 0 Å². The number of nitrogens with zero attached hydrogens (tertiary/aromatic N) is 3. The van der Waals surface area contributed by atoms with Crippen molar-refractivity contribution >= 4 is 39.5 Å². The summed E-state index contributed by atoms with van der Waals surface area (Å²) in [4.78, 5) is 21.1. The Hall–Kier alpha value is -3.53. The van der Waals surface area contributed by atoms with E-state index in [-0.39, 0.29) is 0 Å². The smallest absolute Gasteiger partial charge is 0.240 e. The Morgan fingerprint density at radius 3 is 1.96 bits per heavy atom. The average molecular weight is 383 g/mol. The first kappa shape index (κ1) is 17.9. The molecule has 0 N–H and O–H groups in total. The van der Waals surface area contributed by atoms with Crippen LogP contribution in [0.1, 0.15) is 5.69 Å². The number of hydrogen-bond donors (Lipinski definition) is 0. The fourth-order valence-electron chi connectivity index (χ4n) is 2.99. The van der Waals surface area contributed by atoms with Gasteiger partial charge in [0.05, 0.1) is 11.4 Å². The number of hydrogen-bond acceptors (Lipinski definition) is 5. The van der Waals surface area contributed by atoms with Gasteiger partial charge in [0.15, 0.2) is 0 Å². The predicted molar refractivity (Wildman–Crippen MR) is 115 cm³/mol. The van der Waals surface area contributed by atoms with Gasteiger partial charge < -0.3 is 4.90 Å². The van der Waals surface area contributed by atoms with Gasteiger partial charge in [-0.2, -0.15) is 4.99 Å². The van der Waals surface area contributed by atoms with Gasteiger partial charge in [0.25, 0.3) is 0 Å². The molecule has 0 aliphatic carbocycles. The van der Waals surface area contributed by atoms with Gasteiger partial charge in [0.1, 0.15) is 10.0 Å². The number of para-hydroxylation sites is 2. The van der Waals surface area contributed by atoms with Crippen molar-refractivity contribution in [2.75, 3.05) is 4.90 Å². The molecule has 4 aromatic rings. The number of thiazole rings is 1. The summed E-state index contributed by atoms with van der Waals surface area (Å²) in [5.74, 6) is 0. The molecule has 0 atom stereocenters. The Morgan fingerprint density at radius 2 is 1.43 bits per heavy atom. The van der Waals surface area contributed by atoms with Crippen LogP contribution in [0.3, 0.4) is 0 Å². The van der Waals surface area contributed by atoms with Gasteiger partial charge in [0.2, 0.25) is 6.08 Å². The third-order valence-corrected chi connectivity index (χ3v) is 5.48. The van der Waals surface area contributed by atoms with Crippen molar-refractivity contribution in [3.05, 3.63) is 90.6 Å². The van der Waals surface area contributed by atoms with E-state index in [1.54, 1.807) is 29.5 Å². The molecule has 1 heterocycles. The fourth-order valence-corrected chi connectivity index (χ4v) is 4.10. The number of aromatic nitrogens is 1. The molecular formula is C23H17N3OS. The van der Waals surface area contributed by atoms with Crippen LogP contribution in [0.15, 0.2) is 89.9 Å². The molecule has 0 radical (unpaired) electrons. The molecule has 5 heteroatoms. The summed E-state index contributed by atoms with van der Waals surface area (Å²) < 4.78 is 0. The number of carbonyl (C=O) groups excluding carboxylic acids is 1. The first-order valence-electron chi connectivity index (χ1n) is 8.82. The van der Waals surface area contributed by atoms with Crippen LogP contribution in [0, 0.1) is 6.92 Å². The molecule has 0 aliphatic rings. The Labute approximate surface area is 167 Å². The summed E-state index contributed by atoms with van der Waals surface area (Å²) in [6.45, 7) is 2.03. The maximum Gasteiger partial charge on any atom is 0.240 e. The quantitative estimate of drug-likeness (QED) is 0.290. The number of anilines is 3. The van der Waals surface area contributed by atoms with Crippen LogP contribution in [0.2, 0.25) is 0 Å². The second kappa shape index (κ2) is 8.01. The van der Waals surface area contributed by atoms with Gasteiger partial charge in [-0.15, -0.1) is 0 Å². The molecule has 0 bridgehead atoms. The van der Waals surface area contributed by atoms with Crippen LogP contribution < -0.4 is 4.90 Å². The van der Waals surface area contributed by atoms with Crippen molar-refractivity contribution in [2.24, 2.45) is 4.99 Å². The van der Waals surface area contributed by atoms with Crippen molar-refractivity contribution in [2.45, 2.75) is 6.92 Å². The highest BCUT2D eigenvalue weighted by atomic mass is 32.1. The Bertz CT molecular complexity index is 1080. The summed E-state index contributed by atoms with van der Waals surface area (Å²) >= 11 is 1.64. The highest BCUT2D eigenvalue weighted by Crippen LogP contribution is 2.42. The largest absolute Gasteiger partial charge is 0.300 e. The summed E-state index contributed by atoms with van der Waals surface area (Å²) in [5, 5.41) is 1.99. The van der Waals surface area contributed by atoms with Crippen LogP contribution in [0.5, 0.6) is 0 Å². The first-order valence-corrected chi connectivity index (χ1v) is 9.64. The fraction of sp³-hybridized carbons (Fsp3) is 0.0435. The summed E-state index contributed by atoms with van der Waals surface area (Å²) in [5.41, 5.74) is 4.71. The first-order chi connectivity index (χ1) is 13.8. The van der Waals surface area contributed by atoms with Crippen LogP contribution in [0.4, 0.5) is 22.1 Å². The maximum absolute atomic E-state index is 10.4. The highest BCUT2D eigenvalue weighted by molar-refractivity contribution is 7.19. The number of aryl methyl sites for hydroxylation is 1. The number of aliphatic imine (C=N–C) groups is 1. The summed E-state index contributed by atoms with van der Waals surface area (Å²) in [6.07, 6.45) is 1.56. The third kappa shape index (κ3) is 3.62. The summed E-state index contributed by atoms with van der Waals surface area (Å²) in [6, 6.07) is 28.0. The van der Waals surface area contributed by atoms with E-state index in [4.69, 9.17) is 4.98 Å². The molecule has 4 nitrogen and oxygen atoms in total. The minimum atomic E-state index is 0.586. The molecule has 0 saturated carbocycles. The second-order valence-corrected chi connectivity index (χ2v) is 7.14. The molecule has 4 rings (SSSR count). The third-order valence-electron chi connectivity index (χ3n) is 4.29. The van der Waals surface area contributed by atoms with Crippen LogP contribution in [-0.2, 0) is 4.79 Å². The molecule has 136 valence electrons. The zero-order valence-electron chi connectivity index (χ0n) is 15.2. The molecule has 0 spiro atoms. The van der Waals surface area contributed by atoms with Gasteiger partial charge in [-0.05, 0) is 55.5 Å². The van der Waals surface area contributed by atoms with Gasteiger partial charge in [0, 0.05) is 16.9 Å². The molecular weight excluding hydrogens is 366 g/mol. The highest BCUT2D eigenvalue weighted by Gasteiger charge is 2.19. The predicted octanol–water partition coefficient (Wildman–Crippen LogP) is 6.56. The van der Waals surface area contributed by atoms with Crippen molar-refractivity contribution < 1.29 is 4.79 Å². The van der Waals surface area contributed by atoms with Crippen LogP contribution in [-0.4, -0.2) is 11.1 Å². The lowest BCUT2D eigenvalue weighted by atomic mass is 10.2. The number of benzene rings is 3. The molecule has 0 saturated heterocycles.